The van der Waals surface area contributed by atoms with Gasteiger partial charge in [0.05, 0.1) is 6.04 Å². The number of rotatable bonds is 6. The molecule has 1 N–H and O–H groups in total. The molecule has 0 saturated heterocycles. The van der Waals surface area contributed by atoms with Gasteiger partial charge in [-0.25, -0.2) is 4.79 Å². The van der Waals surface area contributed by atoms with Crippen LogP contribution in [0.2, 0.25) is 0 Å². The van der Waals surface area contributed by atoms with Crippen LogP contribution in [0, 0.1) is 0 Å². The summed E-state index contributed by atoms with van der Waals surface area (Å²) in [6, 6.07) is 15.3. The number of ether oxygens (including phenoxy) is 1. The normalized spacial score (nSPS) is 13.5. The molecule has 128 valence electrons. The quantitative estimate of drug-likeness (QED) is 0.822. The Morgan fingerprint density at radius 2 is 1.64 bits per heavy atom. The minimum Gasteiger partial charge on any atom is -0.449 e. The van der Waals surface area contributed by atoms with Crippen molar-refractivity contribution in [1.82, 2.24) is 5.32 Å². The van der Waals surface area contributed by atoms with Gasteiger partial charge in [-0.05, 0) is 29.2 Å². The van der Waals surface area contributed by atoms with Crippen LogP contribution in [0.15, 0.2) is 48.5 Å². The minimum absolute atomic E-state index is 0.0417. The summed E-state index contributed by atoms with van der Waals surface area (Å²) in [5.74, 6) is -0.319. The SMILES string of the molecule is CC(=O)C(CC=O)NC(=O)OCC1c2ccccc2-c2ccccc21. The molecule has 1 atom stereocenters. The number of hydrogen-bond donors (Lipinski definition) is 1. The van der Waals surface area contributed by atoms with E-state index in [1.807, 2.05) is 36.4 Å². The second kappa shape index (κ2) is 7.30. The fourth-order valence-electron chi connectivity index (χ4n) is 3.21. The highest BCUT2D eigenvalue weighted by Crippen LogP contribution is 2.44. The monoisotopic (exact) mass is 337 g/mol. The van der Waals surface area contributed by atoms with E-state index >= 15 is 0 Å². The van der Waals surface area contributed by atoms with Crippen molar-refractivity contribution in [2.45, 2.75) is 25.3 Å². The van der Waals surface area contributed by atoms with Crippen molar-refractivity contribution < 1.29 is 19.1 Å². The zero-order valence-corrected chi connectivity index (χ0v) is 13.9. The average Bonchev–Trinajstić information content (AvgIpc) is 2.93. The number of carbonyl (C=O) groups is 3. The summed E-state index contributed by atoms with van der Waals surface area (Å²) >= 11 is 0. The lowest BCUT2D eigenvalue weighted by atomic mass is 9.98. The molecule has 2 aromatic rings. The molecule has 1 aliphatic rings. The van der Waals surface area contributed by atoms with Crippen LogP contribution in [-0.4, -0.2) is 30.8 Å². The summed E-state index contributed by atoms with van der Waals surface area (Å²) in [6.07, 6.45) is -0.140. The number of nitrogens with one attached hydrogen (secondary N) is 1. The fourth-order valence-corrected chi connectivity index (χ4v) is 3.21. The third-order valence-electron chi connectivity index (χ3n) is 4.46. The highest BCUT2D eigenvalue weighted by molar-refractivity contribution is 5.87. The second-order valence-electron chi connectivity index (χ2n) is 6.04. The van der Waals surface area contributed by atoms with Crippen LogP contribution in [0.4, 0.5) is 4.79 Å². The third-order valence-corrected chi connectivity index (χ3v) is 4.46. The van der Waals surface area contributed by atoms with E-state index in [1.54, 1.807) is 0 Å². The zero-order valence-electron chi connectivity index (χ0n) is 13.9. The van der Waals surface area contributed by atoms with Crippen molar-refractivity contribution in [3.8, 4) is 11.1 Å². The molecule has 1 unspecified atom stereocenters. The van der Waals surface area contributed by atoms with Gasteiger partial charge in [0.1, 0.15) is 12.9 Å². The number of Topliss-reactive ketones (excluding diaryl/α,β-unsaturated/α-hetero) is 1. The van der Waals surface area contributed by atoms with E-state index in [0.717, 1.165) is 22.3 Å². The Bertz CT molecular complexity index is 769. The van der Waals surface area contributed by atoms with Crippen molar-refractivity contribution in [1.29, 1.82) is 0 Å². The van der Waals surface area contributed by atoms with Gasteiger partial charge in [-0.15, -0.1) is 0 Å². The Morgan fingerprint density at radius 3 is 2.16 bits per heavy atom. The molecule has 1 aliphatic carbocycles. The maximum Gasteiger partial charge on any atom is 0.407 e. The molecule has 0 bridgehead atoms. The molecule has 0 aliphatic heterocycles. The van der Waals surface area contributed by atoms with Gasteiger partial charge >= 0.3 is 6.09 Å². The van der Waals surface area contributed by atoms with E-state index < -0.39 is 12.1 Å². The van der Waals surface area contributed by atoms with Crippen molar-refractivity contribution in [3.63, 3.8) is 0 Å². The molecule has 0 heterocycles. The smallest absolute Gasteiger partial charge is 0.407 e. The Labute approximate surface area is 146 Å². The van der Waals surface area contributed by atoms with Gasteiger partial charge in [0.15, 0.2) is 5.78 Å². The first kappa shape index (κ1) is 16.9. The predicted molar refractivity (Wildman–Crippen MR) is 93.4 cm³/mol. The highest BCUT2D eigenvalue weighted by atomic mass is 16.5. The summed E-state index contributed by atoms with van der Waals surface area (Å²) in [4.78, 5) is 34.0. The number of hydrogen-bond acceptors (Lipinski definition) is 4. The van der Waals surface area contributed by atoms with E-state index in [9.17, 15) is 14.4 Å². The molecule has 5 heteroatoms. The number of ketones is 1. The number of amides is 1. The molecular weight excluding hydrogens is 318 g/mol. The van der Waals surface area contributed by atoms with Crippen LogP contribution < -0.4 is 5.32 Å². The molecule has 0 fully saturated rings. The standard InChI is InChI=1S/C20H19NO4/c1-13(23)19(10-11-22)21-20(24)25-12-18-16-8-4-2-6-14(16)15-7-3-5-9-17(15)18/h2-9,11,18-19H,10,12H2,1H3,(H,21,24). The van der Waals surface area contributed by atoms with E-state index in [2.05, 4.69) is 17.4 Å². The first-order chi connectivity index (χ1) is 12.1. The van der Waals surface area contributed by atoms with Crippen molar-refractivity contribution in [3.05, 3.63) is 59.7 Å². The first-order valence-corrected chi connectivity index (χ1v) is 8.17. The lowest BCUT2D eigenvalue weighted by Gasteiger charge is -2.17. The molecule has 25 heavy (non-hydrogen) atoms. The van der Waals surface area contributed by atoms with Crippen molar-refractivity contribution >= 4 is 18.2 Å². The average molecular weight is 337 g/mol. The van der Waals surface area contributed by atoms with Crippen LogP contribution in [0.3, 0.4) is 0 Å². The maximum absolute atomic E-state index is 12.0. The van der Waals surface area contributed by atoms with Gasteiger partial charge in [0.2, 0.25) is 0 Å². The summed E-state index contributed by atoms with van der Waals surface area (Å²) in [5.41, 5.74) is 4.53. The van der Waals surface area contributed by atoms with Gasteiger partial charge in [0, 0.05) is 12.3 Å². The lowest BCUT2D eigenvalue weighted by Crippen LogP contribution is -2.40. The molecule has 5 nitrogen and oxygen atoms in total. The van der Waals surface area contributed by atoms with E-state index in [-0.39, 0.29) is 24.7 Å². The minimum atomic E-state index is -0.840. The number of alkyl carbamates (subject to hydrolysis) is 1. The van der Waals surface area contributed by atoms with Gasteiger partial charge in [0.25, 0.3) is 0 Å². The van der Waals surface area contributed by atoms with Crippen molar-refractivity contribution in [2.24, 2.45) is 0 Å². The number of benzene rings is 2. The van der Waals surface area contributed by atoms with E-state index in [1.165, 1.54) is 6.92 Å². The van der Waals surface area contributed by atoms with Crippen LogP contribution >= 0.6 is 0 Å². The summed E-state index contributed by atoms with van der Waals surface area (Å²) in [7, 11) is 0. The maximum atomic E-state index is 12.0. The predicted octanol–water partition coefficient (Wildman–Crippen LogP) is 3.07. The van der Waals surface area contributed by atoms with Crippen LogP contribution in [0.25, 0.3) is 11.1 Å². The topological polar surface area (TPSA) is 72.5 Å². The van der Waals surface area contributed by atoms with Gasteiger partial charge in [-0.3, -0.25) is 4.79 Å². The van der Waals surface area contributed by atoms with Crippen LogP contribution in [0.1, 0.15) is 30.4 Å². The number of aldehydes is 1. The lowest BCUT2D eigenvalue weighted by molar-refractivity contribution is -0.121. The third kappa shape index (κ3) is 3.45. The Morgan fingerprint density at radius 1 is 1.08 bits per heavy atom. The van der Waals surface area contributed by atoms with Crippen molar-refractivity contribution in [2.75, 3.05) is 6.61 Å². The Hall–Kier alpha value is -2.95. The molecule has 0 spiro atoms. The fraction of sp³-hybridized carbons (Fsp3) is 0.250. The van der Waals surface area contributed by atoms with E-state index in [0.29, 0.717) is 6.29 Å². The van der Waals surface area contributed by atoms with Crippen LogP contribution in [-0.2, 0) is 14.3 Å². The number of carbonyl (C=O) groups excluding carboxylic acids is 3. The molecule has 2 aromatic carbocycles. The summed E-state index contributed by atoms with van der Waals surface area (Å²) in [6.45, 7) is 1.50. The molecule has 1 amide bonds. The van der Waals surface area contributed by atoms with E-state index in [4.69, 9.17) is 4.74 Å². The van der Waals surface area contributed by atoms with Gasteiger partial charge in [-0.2, -0.15) is 0 Å². The summed E-state index contributed by atoms with van der Waals surface area (Å²) in [5, 5.41) is 2.45. The van der Waals surface area contributed by atoms with Gasteiger partial charge < -0.3 is 14.8 Å². The first-order valence-electron chi connectivity index (χ1n) is 8.17. The largest absolute Gasteiger partial charge is 0.449 e. The highest BCUT2D eigenvalue weighted by Gasteiger charge is 2.29. The zero-order chi connectivity index (χ0) is 17.8. The Kier molecular flexibility index (Phi) is 4.93. The van der Waals surface area contributed by atoms with Crippen LogP contribution in [0.5, 0.6) is 0 Å². The number of fused-ring (bicyclic) bond motifs is 3. The summed E-state index contributed by atoms with van der Waals surface area (Å²) < 4.78 is 5.35. The molecule has 0 aromatic heterocycles. The molecule has 0 radical (unpaired) electrons. The second-order valence-corrected chi connectivity index (χ2v) is 6.04. The van der Waals surface area contributed by atoms with Gasteiger partial charge in [-0.1, -0.05) is 48.5 Å². The molecule has 3 rings (SSSR count). The molecule has 0 saturated carbocycles. The molecular formula is C20H19NO4. The Balaban J connectivity index is 1.72.